The third-order valence-electron chi connectivity index (χ3n) is 4.97. The summed E-state index contributed by atoms with van der Waals surface area (Å²) < 4.78 is 15.7. The second-order valence-electron chi connectivity index (χ2n) is 6.77. The van der Waals surface area contributed by atoms with Gasteiger partial charge in [-0.25, -0.2) is 4.79 Å². The summed E-state index contributed by atoms with van der Waals surface area (Å²) in [6.07, 6.45) is 1.98. The maximum atomic E-state index is 12.6. The fourth-order valence-electron chi connectivity index (χ4n) is 3.44. The van der Waals surface area contributed by atoms with Gasteiger partial charge in [0.1, 0.15) is 17.1 Å². The number of aryl methyl sites for hydroxylation is 1. The molecule has 1 amide bonds. The maximum absolute atomic E-state index is 12.6. The van der Waals surface area contributed by atoms with Crippen molar-refractivity contribution in [1.29, 1.82) is 0 Å². The van der Waals surface area contributed by atoms with E-state index in [0.717, 1.165) is 24.8 Å². The van der Waals surface area contributed by atoms with Crippen molar-refractivity contribution < 1.29 is 23.8 Å². The zero-order chi connectivity index (χ0) is 20.1. The Hall–Kier alpha value is -3.02. The number of rotatable bonds is 6. The highest BCUT2D eigenvalue weighted by Crippen LogP contribution is 2.30. The smallest absolute Gasteiger partial charge is 0.342 e. The Morgan fingerprint density at radius 1 is 1.11 bits per heavy atom. The van der Waals surface area contributed by atoms with Crippen LogP contribution in [-0.2, 0) is 16.0 Å². The minimum atomic E-state index is -0.923. The molecule has 2 aromatic rings. The number of ether oxygens (including phenoxy) is 3. The largest absolute Gasteiger partial charge is 0.497 e. The molecule has 1 N–H and O–H groups in total. The lowest BCUT2D eigenvalue weighted by atomic mass is 9.87. The van der Waals surface area contributed by atoms with Gasteiger partial charge in [0, 0.05) is 6.07 Å². The molecular formula is C22H25NO5. The van der Waals surface area contributed by atoms with Crippen LogP contribution >= 0.6 is 0 Å². The lowest BCUT2D eigenvalue weighted by Gasteiger charge is -2.27. The Morgan fingerprint density at radius 3 is 2.64 bits per heavy atom. The summed E-state index contributed by atoms with van der Waals surface area (Å²) in [5.74, 6) is -0.0398. The zero-order valence-corrected chi connectivity index (χ0v) is 16.4. The molecule has 0 radical (unpaired) electrons. The van der Waals surface area contributed by atoms with Crippen molar-refractivity contribution in [2.24, 2.45) is 0 Å². The van der Waals surface area contributed by atoms with Gasteiger partial charge >= 0.3 is 5.97 Å². The first kappa shape index (κ1) is 19.7. The van der Waals surface area contributed by atoms with Crippen LogP contribution in [0.15, 0.2) is 42.5 Å². The molecule has 28 heavy (non-hydrogen) atoms. The normalized spacial score (nSPS) is 16.5. The summed E-state index contributed by atoms with van der Waals surface area (Å²) in [5, 5.41) is 3.01. The Bertz CT molecular complexity index is 864. The van der Waals surface area contributed by atoms with Crippen molar-refractivity contribution in [2.45, 2.75) is 38.3 Å². The van der Waals surface area contributed by atoms with Crippen LogP contribution in [0.3, 0.4) is 0 Å². The van der Waals surface area contributed by atoms with Gasteiger partial charge in [-0.1, -0.05) is 24.3 Å². The maximum Gasteiger partial charge on any atom is 0.342 e. The molecular weight excluding hydrogens is 358 g/mol. The number of esters is 1. The average molecular weight is 383 g/mol. The van der Waals surface area contributed by atoms with Crippen LogP contribution in [0.25, 0.3) is 0 Å². The van der Waals surface area contributed by atoms with E-state index >= 15 is 0 Å². The number of carbonyl (C=O) groups excluding carboxylic acids is 2. The summed E-state index contributed by atoms with van der Waals surface area (Å²) in [6, 6.07) is 12.9. The predicted molar refractivity (Wildman–Crippen MR) is 105 cm³/mol. The molecule has 6 heteroatoms. The molecule has 1 aliphatic carbocycles. The van der Waals surface area contributed by atoms with E-state index in [1.807, 2.05) is 18.2 Å². The van der Waals surface area contributed by atoms with E-state index < -0.39 is 12.1 Å². The number of benzene rings is 2. The average Bonchev–Trinajstić information content (AvgIpc) is 2.73. The van der Waals surface area contributed by atoms with Crippen LogP contribution < -0.4 is 14.8 Å². The Morgan fingerprint density at radius 2 is 1.89 bits per heavy atom. The van der Waals surface area contributed by atoms with Gasteiger partial charge in [0.25, 0.3) is 5.91 Å². The third-order valence-corrected chi connectivity index (χ3v) is 4.97. The number of amides is 1. The molecule has 0 bridgehead atoms. The molecule has 3 rings (SSSR count). The molecule has 2 aromatic carbocycles. The number of carbonyl (C=O) groups is 2. The summed E-state index contributed by atoms with van der Waals surface area (Å²) in [5.41, 5.74) is 2.63. The van der Waals surface area contributed by atoms with E-state index in [0.29, 0.717) is 11.5 Å². The Balaban J connectivity index is 1.66. The van der Waals surface area contributed by atoms with Gasteiger partial charge in [0.05, 0.1) is 20.3 Å². The molecule has 1 aliphatic rings. The van der Waals surface area contributed by atoms with E-state index in [-0.39, 0.29) is 17.5 Å². The highest BCUT2D eigenvalue weighted by atomic mass is 16.5. The van der Waals surface area contributed by atoms with Crippen molar-refractivity contribution >= 4 is 11.9 Å². The first-order valence-corrected chi connectivity index (χ1v) is 9.34. The van der Waals surface area contributed by atoms with Crippen LogP contribution in [0.5, 0.6) is 11.5 Å². The van der Waals surface area contributed by atoms with Crippen molar-refractivity contribution in [2.75, 3.05) is 14.2 Å². The molecule has 0 fully saturated rings. The molecule has 0 unspecified atom stereocenters. The monoisotopic (exact) mass is 383 g/mol. The topological polar surface area (TPSA) is 73.9 Å². The van der Waals surface area contributed by atoms with Gasteiger partial charge in [-0.3, -0.25) is 4.79 Å². The summed E-state index contributed by atoms with van der Waals surface area (Å²) in [7, 11) is 2.99. The van der Waals surface area contributed by atoms with Crippen LogP contribution in [0, 0.1) is 0 Å². The second-order valence-corrected chi connectivity index (χ2v) is 6.77. The highest BCUT2D eigenvalue weighted by molar-refractivity contribution is 5.95. The Kier molecular flexibility index (Phi) is 6.19. The molecule has 2 atom stereocenters. The van der Waals surface area contributed by atoms with Crippen LogP contribution in [0.1, 0.15) is 47.3 Å². The minimum Gasteiger partial charge on any atom is -0.497 e. The van der Waals surface area contributed by atoms with Gasteiger partial charge in [-0.15, -0.1) is 0 Å². The fraction of sp³-hybridized carbons (Fsp3) is 0.364. The molecule has 0 spiro atoms. The molecule has 0 heterocycles. The van der Waals surface area contributed by atoms with E-state index in [1.165, 1.54) is 19.8 Å². The molecule has 0 saturated carbocycles. The fourth-order valence-corrected chi connectivity index (χ4v) is 3.44. The van der Waals surface area contributed by atoms with Gasteiger partial charge in [-0.2, -0.15) is 0 Å². The molecule has 0 aromatic heterocycles. The van der Waals surface area contributed by atoms with Crippen molar-refractivity contribution in [3.05, 3.63) is 59.2 Å². The van der Waals surface area contributed by atoms with E-state index in [4.69, 9.17) is 14.2 Å². The van der Waals surface area contributed by atoms with Crippen molar-refractivity contribution in [3.63, 3.8) is 0 Å². The van der Waals surface area contributed by atoms with Crippen LogP contribution in [-0.4, -0.2) is 32.2 Å². The number of hydrogen-bond donors (Lipinski definition) is 1. The van der Waals surface area contributed by atoms with E-state index in [1.54, 1.807) is 25.1 Å². The van der Waals surface area contributed by atoms with E-state index in [9.17, 15) is 9.59 Å². The minimum absolute atomic E-state index is 0.0610. The van der Waals surface area contributed by atoms with Gasteiger partial charge in [0.15, 0.2) is 6.10 Å². The number of fused-ring (bicyclic) bond motifs is 1. The van der Waals surface area contributed by atoms with Crippen LogP contribution in [0.2, 0.25) is 0 Å². The summed E-state index contributed by atoms with van der Waals surface area (Å²) >= 11 is 0. The molecule has 0 aliphatic heterocycles. The van der Waals surface area contributed by atoms with Crippen molar-refractivity contribution in [3.8, 4) is 11.5 Å². The summed E-state index contributed by atoms with van der Waals surface area (Å²) in [4.78, 5) is 25.1. The zero-order valence-electron chi connectivity index (χ0n) is 16.4. The van der Waals surface area contributed by atoms with Gasteiger partial charge in [0.2, 0.25) is 0 Å². The summed E-state index contributed by atoms with van der Waals surface area (Å²) in [6.45, 7) is 1.57. The standard InChI is InChI=1S/C22H25NO5/c1-14(28-22(25)18-12-11-16(26-2)13-20(18)27-3)21(24)23-19-10-6-8-15-7-4-5-9-17(15)19/h4-5,7,9,11-14,19H,6,8,10H2,1-3H3,(H,23,24)/t14-,19+/m0/s1. The van der Waals surface area contributed by atoms with Crippen molar-refractivity contribution in [1.82, 2.24) is 5.32 Å². The number of nitrogens with one attached hydrogen (secondary N) is 1. The molecule has 6 nitrogen and oxygen atoms in total. The SMILES string of the molecule is COc1ccc(C(=O)O[C@@H](C)C(=O)N[C@@H]2CCCc3ccccc32)c(OC)c1. The Labute approximate surface area is 164 Å². The first-order chi connectivity index (χ1) is 13.5. The van der Waals surface area contributed by atoms with Gasteiger partial charge in [-0.05, 0) is 49.4 Å². The second kappa shape index (κ2) is 8.78. The van der Waals surface area contributed by atoms with Gasteiger partial charge < -0.3 is 19.5 Å². The lowest BCUT2D eigenvalue weighted by molar-refractivity contribution is -0.130. The quantitative estimate of drug-likeness (QED) is 0.774. The molecule has 148 valence electrons. The lowest BCUT2D eigenvalue weighted by Crippen LogP contribution is -2.39. The third kappa shape index (κ3) is 4.27. The number of methoxy groups -OCH3 is 2. The molecule has 0 saturated heterocycles. The first-order valence-electron chi connectivity index (χ1n) is 9.34. The number of hydrogen-bond acceptors (Lipinski definition) is 5. The van der Waals surface area contributed by atoms with Crippen LogP contribution in [0.4, 0.5) is 0 Å². The van der Waals surface area contributed by atoms with E-state index in [2.05, 4.69) is 11.4 Å². The predicted octanol–water partition coefficient (Wildman–Crippen LogP) is 3.44. The highest BCUT2D eigenvalue weighted by Gasteiger charge is 2.26.